The second kappa shape index (κ2) is 4.89. The third-order valence-corrected chi connectivity index (χ3v) is 3.99. The molecule has 0 aliphatic carbocycles. The Morgan fingerprint density at radius 2 is 2.05 bits per heavy atom. The van der Waals surface area contributed by atoms with Gasteiger partial charge in [-0.05, 0) is 12.1 Å². The lowest BCUT2D eigenvalue weighted by Gasteiger charge is -2.28. The number of rotatable bonds is 2. The van der Waals surface area contributed by atoms with Gasteiger partial charge in [0.25, 0.3) is 0 Å². The molecule has 0 amide bonds. The van der Waals surface area contributed by atoms with E-state index in [1.807, 2.05) is 12.1 Å². The van der Waals surface area contributed by atoms with Gasteiger partial charge in [0.05, 0.1) is 18.0 Å². The molecule has 0 bridgehead atoms. The molecule has 0 atom stereocenters. The molecule has 1 aromatic carbocycles. The van der Waals surface area contributed by atoms with Crippen molar-refractivity contribution in [3.63, 3.8) is 0 Å². The van der Waals surface area contributed by atoms with Crippen molar-refractivity contribution in [3.8, 4) is 5.75 Å². The molecule has 2 aromatic heterocycles. The summed E-state index contributed by atoms with van der Waals surface area (Å²) in [7, 11) is 1.68. The number of piperazine rings is 1. The molecule has 108 valence electrons. The highest BCUT2D eigenvalue weighted by molar-refractivity contribution is 6.11. The fourth-order valence-corrected chi connectivity index (χ4v) is 2.93. The van der Waals surface area contributed by atoms with E-state index in [1.54, 1.807) is 13.4 Å². The summed E-state index contributed by atoms with van der Waals surface area (Å²) in [4.78, 5) is 14.6. The van der Waals surface area contributed by atoms with Crippen molar-refractivity contribution in [1.82, 2.24) is 20.3 Å². The average Bonchev–Trinajstić information content (AvgIpc) is 2.93. The molecular formula is C15H17N5O. The van der Waals surface area contributed by atoms with E-state index in [0.29, 0.717) is 0 Å². The number of fused-ring (bicyclic) bond motifs is 3. The Morgan fingerprint density at radius 3 is 2.86 bits per heavy atom. The SMILES string of the molecule is COc1ccc2c(c1)[nH]c1ncnc(N3CCNCC3)c12. The fraction of sp³-hybridized carbons (Fsp3) is 0.333. The Kier molecular flexibility index (Phi) is 2.89. The van der Waals surface area contributed by atoms with Gasteiger partial charge in [-0.3, -0.25) is 0 Å². The molecule has 21 heavy (non-hydrogen) atoms. The lowest BCUT2D eigenvalue weighted by atomic mass is 10.2. The molecule has 3 aromatic rings. The maximum Gasteiger partial charge on any atom is 0.143 e. The van der Waals surface area contributed by atoms with Crippen molar-refractivity contribution in [2.75, 3.05) is 38.2 Å². The van der Waals surface area contributed by atoms with Crippen LogP contribution in [0.4, 0.5) is 5.82 Å². The van der Waals surface area contributed by atoms with Gasteiger partial charge in [0.1, 0.15) is 23.5 Å². The number of ether oxygens (including phenoxy) is 1. The maximum absolute atomic E-state index is 5.29. The number of nitrogens with one attached hydrogen (secondary N) is 2. The quantitative estimate of drug-likeness (QED) is 0.746. The molecule has 2 N–H and O–H groups in total. The standard InChI is InChI=1S/C15H17N5O/c1-21-10-2-3-11-12(8-10)19-14-13(11)15(18-9-17-14)20-6-4-16-5-7-20/h2-3,8-9,16H,4-7H2,1H3,(H,17,18,19). The van der Waals surface area contributed by atoms with Gasteiger partial charge in [-0.25, -0.2) is 9.97 Å². The third kappa shape index (κ3) is 1.99. The summed E-state index contributed by atoms with van der Waals surface area (Å²) < 4.78 is 5.29. The van der Waals surface area contributed by atoms with Gasteiger partial charge >= 0.3 is 0 Å². The molecular weight excluding hydrogens is 266 g/mol. The molecule has 1 aliphatic rings. The molecule has 3 heterocycles. The van der Waals surface area contributed by atoms with Crippen LogP contribution >= 0.6 is 0 Å². The van der Waals surface area contributed by atoms with Crippen LogP contribution < -0.4 is 15.0 Å². The Morgan fingerprint density at radius 1 is 1.19 bits per heavy atom. The van der Waals surface area contributed by atoms with Gasteiger partial charge in [-0.15, -0.1) is 0 Å². The zero-order valence-corrected chi connectivity index (χ0v) is 11.9. The van der Waals surface area contributed by atoms with Crippen molar-refractivity contribution in [2.24, 2.45) is 0 Å². The van der Waals surface area contributed by atoms with Crippen molar-refractivity contribution < 1.29 is 4.74 Å². The number of hydrogen-bond acceptors (Lipinski definition) is 5. The smallest absolute Gasteiger partial charge is 0.143 e. The molecule has 1 fully saturated rings. The van der Waals surface area contributed by atoms with E-state index in [0.717, 1.165) is 59.7 Å². The molecule has 4 rings (SSSR count). The maximum atomic E-state index is 5.29. The van der Waals surface area contributed by atoms with Crippen LogP contribution in [0.1, 0.15) is 0 Å². The normalized spacial score (nSPS) is 15.8. The minimum Gasteiger partial charge on any atom is -0.497 e. The summed E-state index contributed by atoms with van der Waals surface area (Å²) in [5.74, 6) is 1.85. The first-order chi connectivity index (χ1) is 10.4. The third-order valence-electron chi connectivity index (χ3n) is 3.99. The van der Waals surface area contributed by atoms with Crippen molar-refractivity contribution in [2.45, 2.75) is 0 Å². The van der Waals surface area contributed by atoms with Gasteiger partial charge in [0.15, 0.2) is 0 Å². The molecule has 1 saturated heterocycles. The number of H-pyrrole nitrogens is 1. The van der Waals surface area contributed by atoms with Crippen LogP contribution in [0.25, 0.3) is 21.9 Å². The van der Waals surface area contributed by atoms with Gasteiger partial charge in [-0.1, -0.05) is 0 Å². The van der Waals surface area contributed by atoms with Gasteiger partial charge < -0.3 is 19.9 Å². The first-order valence-electron chi connectivity index (χ1n) is 7.13. The molecule has 0 saturated carbocycles. The lowest BCUT2D eigenvalue weighted by Crippen LogP contribution is -2.44. The van der Waals surface area contributed by atoms with E-state index in [-0.39, 0.29) is 0 Å². The van der Waals surface area contributed by atoms with Crippen LogP contribution in [0.15, 0.2) is 24.5 Å². The van der Waals surface area contributed by atoms with E-state index >= 15 is 0 Å². The summed E-state index contributed by atoms with van der Waals surface area (Å²) in [5, 5.41) is 5.60. The Bertz CT molecular complexity index is 791. The average molecular weight is 283 g/mol. The van der Waals surface area contributed by atoms with Crippen LogP contribution in [0.3, 0.4) is 0 Å². The second-order valence-electron chi connectivity index (χ2n) is 5.19. The monoisotopic (exact) mass is 283 g/mol. The minimum absolute atomic E-state index is 0.839. The first-order valence-corrected chi connectivity index (χ1v) is 7.13. The van der Waals surface area contributed by atoms with Crippen LogP contribution in [0, 0.1) is 0 Å². The van der Waals surface area contributed by atoms with E-state index in [9.17, 15) is 0 Å². The van der Waals surface area contributed by atoms with Crippen LogP contribution in [0.2, 0.25) is 0 Å². The van der Waals surface area contributed by atoms with Gasteiger partial charge in [0.2, 0.25) is 0 Å². The lowest BCUT2D eigenvalue weighted by molar-refractivity contribution is 0.415. The molecule has 1 aliphatic heterocycles. The van der Waals surface area contributed by atoms with Crippen LogP contribution in [-0.4, -0.2) is 48.2 Å². The van der Waals surface area contributed by atoms with Gasteiger partial charge in [-0.2, -0.15) is 0 Å². The van der Waals surface area contributed by atoms with Crippen LogP contribution in [0.5, 0.6) is 5.75 Å². The minimum atomic E-state index is 0.839. The summed E-state index contributed by atoms with van der Waals surface area (Å²) in [6.45, 7) is 3.91. The summed E-state index contributed by atoms with van der Waals surface area (Å²) in [6.07, 6.45) is 1.63. The van der Waals surface area contributed by atoms with E-state index < -0.39 is 0 Å². The molecule has 6 nitrogen and oxygen atoms in total. The number of nitrogens with zero attached hydrogens (tertiary/aromatic N) is 3. The Hall–Kier alpha value is -2.34. The highest BCUT2D eigenvalue weighted by Crippen LogP contribution is 2.32. The number of aromatic amines is 1. The highest BCUT2D eigenvalue weighted by atomic mass is 16.5. The molecule has 0 radical (unpaired) electrons. The topological polar surface area (TPSA) is 66.1 Å². The number of methoxy groups -OCH3 is 1. The number of benzene rings is 1. The van der Waals surface area contributed by atoms with E-state index in [4.69, 9.17) is 4.74 Å². The fourth-order valence-electron chi connectivity index (χ4n) is 2.93. The Labute approximate surface area is 122 Å². The Balaban J connectivity index is 1.94. The zero-order chi connectivity index (χ0) is 14.2. The largest absolute Gasteiger partial charge is 0.497 e. The van der Waals surface area contributed by atoms with Crippen LogP contribution in [-0.2, 0) is 0 Å². The predicted molar refractivity (Wildman–Crippen MR) is 83.0 cm³/mol. The van der Waals surface area contributed by atoms with Crippen molar-refractivity contribution in [1.29, 1.82) is 0 Å². The van der Waals surface area contributed by atoms with Crippen molar-refractivity contribution in [3.05, 3.63) is 24.5 Å². The summed E-state index contributed by atoms with van der Waals surface area (Å²) in [5.41, 5.74) is 1.91. The molecule has 6 heteroatoms. The highest BCUT2D eigenvalue weighted by Gasteiger charge is 2.18. The first kappa shape index (κ1) is 12.4. The number of aromatic nitrogens is 3. The predicted octanol–water partition coefficient (Wildman–Crippen LogP) is 1.53. The summed E-state index contributed by atoms with van der Waals surface area (Å²) in [6, 6.07) is 6.05. The molecule has 0 spiro atoms. The van der Waals surface area contributed by atoms with E-state index in [1.165, 1.54) is 0 Å². The van der Waals surface area contributed by atoms with Crippen molar-refractivity contribution >= 4 is 27.8 Å². The molecule has 0 unspecified atom stereocenters. The number of anilines is 1. The second-order valence-corrected chi connectivity index (χ2v) is 5.19. The summed E-state index contributed by atoms with van der Waals surface area (Å²) >= 11 is 0. The zero-order valence-electron chi connectivity index (χ0n) is 11.9. The van der Waals surface area contributed by atoms with Gasteiger partial charge in [0, 0.05) is 37.6 Å². The number of hydrogen-bond donors (Lipinski definition) is 2. The van der Waals surface area contributed by atoms with E-state index in [2.05, 4.69) is 31.2 Å².